The van der Waals surface area contributed by atoms with Gasteiger partial charge in [0.1, 0.15) is 0 Å². The van der Waals surface area contributed by atoms with Crippen LogP contribution in [-0.2, 0) is 20.3 Å². The van der Waals surface area contributed by atoms with Crippen LogP contribution in [0.2, 0.25) is 0 Å². The Kier molecular flexibility index (Phi) is 11.3. The predicted molar refractivity (Wildman–Crippen MR) is 306 cm³/mol. The second-order valence-corrected chi connectivity index (χ2v) is 25.1. The largest absolute Gasteiger partial charge is 0.380 e. The number of benzene rings is 7. The molecule has 4 bridgehead atoms. The van der Waals surface area contributed by atoms with Crippen LogP contribution in [0, 0.1) is 35.5 Å². The fourth-order valence-corrected chi connectivity index (χ4v) is 18.9. The Morgan fingerprint density at radius 2 is 0.797 bits per heavy atom. The first-order valence-corrected chi connectivity index (χ1v) is 28.5. The van der Waals surface area contributed by atoms with Gasteiger partial charge in [-0.1, -0.05) is 181 Å². The van der Waals surface area contributed by atoms with Crippen LogP contribution in [0.25, 0.3) is 31.4 Å². The number of hydrogen-bond acceptors (Lipinski definition) is 4. The van der Waals surface area contributed by atoms with Crippen LogP contribution < -0.4 is 0 Å². The number of fused-ring (bicyclic) bond motifs is 6. The van der Waals surface area contributed by atoms with Gasteiger partial charge in [-0.15, -0.1) is 0 Å². The van der Waals surface area contributed by atoms with E-state index in [2.05, 4.69) is 109 Å². The number of rotatable bonds is 6. The van der Waals surface area contributed by atoms with Crippen LogP contribution in [0.4, 0.5) is 26.3 Å². The number of methoxy groups -OCH3 is 2. The average molecular weight is 1090 g/mol. The monoisotopic (exact) mass is 1090 g/mol. The van der Waals surface area contributed by atoms with Crippen molar-refractivity contribution in [2.75, 3.05) is 14.2 Å². The van der Waals surface area contributed by atoms with Crippen molar-refractivity contribution in [3.8, 4) is 23.7 Å². The van der Waals surface area contributed by atoms with Gasteiger partial charge in [-0.3, -0.25) is 0 Å². The minimum atomic E-state index is -5.73. The molecule has 0 spiro atoms. The number of hydrogen-bond donors (Lipinski definition) is 0. The lowest BCUT2D eigenvalue weighted by atomic mass is 9.41. The number of thioether (sulfide) groups is 2. The number of ether oxygens (including phenoxy) is 2. The van der Waals surface area contributed by atoms with E-state index < -0.39 is 49.9 Å². The lowest BCUT2D eigenvalue weighted by Crippen LogP contribution is -2.56. The van der Waals surface area contributed by atoms with Crippen molar-refractivity contribution in [1.82, 2.24) is 0 Å². The summed E-state index contributed by atoms with van der Waals surface area (Å²) in [6, 6.07) is 52.8. The highest BCUT2D eigenvalue weighted by Gasteiger charge is 2.86. The summed E-state index contributed by atoms with van der Waals surface area (Å²) in [6.45, 7) is 3.07. The minimum Gasteiger partial charge on any atom is -0.358 e. The Hall–Kier alpha value is -6.66. The molecule has 2 aliphatic heterocycles. The van der Waals surface area contributed by atoms with E-state index in [1.54, 1.807) is 37.3 Å². The van der Waals surface area contributed by atoms with Gasteiger partial charge in [0, 0.05) is 68.6 Å². The zero-order chi connectivity index (χ0) is 54.5. The van der Waals surface area contributed by atoms with Crippen LogP contribution >= 0.6 is 23.5 Å². The highest BCUT2D eigenvalue weighted by molar-refractivity contribution is 8.14. The van der Waals surface area contributed by atoms with Gasteiger partial charge in [-0.2, -0.15) is 26.3 Å². The molecule has 2 nitrogen and oxygen atoms in total. The molecule has 6 aliphatic carbocycles. The first-order chi connectivity index (χ1) is 38.0. The second-order valence-electron chi connectivity index (χ2n) is 22.7. The summed E-state index contributed by atoms with van der Waals surface area (Å²) in [4.78, 5) is -2.98. The molecule has 7 aromatic carbocycles. The van der Waals surface area contributed by atoms with Crippen molar-refractivity contribution < 1.29 is 35.8 Å². The summed E-state index contributed by atoms with van der Waals surface area (Å²) in [5.41, 5.74) is 4.32. The molecule has 0 saturated heterocycles. The van der Waals surface area contributed by atoms with E-state index in [4.69, 9.17) is 9.47 Å². The normalized spacial score (nSPS) is 28.4. The molecule has 6 atom stereocenters. The Balaban J connectivity index is 0.794. The summed E-state index contributed by atoms with van der Waals surface area (Å²) >= 11 is 2.12. The molecule has 0 aromatic heterocycles. The SMILES string of the molecule is COC12SC(c3ccccc3)=C(C)C1=C1C(=C3C(C)=C(c4ccc(C56C[C@@H]7C[C@@H](CC(c8ccc(C#Cc9c%10ccccc%10c(C#Cc%10ccccc%10)c%10ccccc9%10)cc8)(C7)C5)C6)cc4)SC32OC)C(F)(F)C(F)(F)C1(F)F. The number of alkyl halides is 6. The van der Waals surface area contributed by atoms with Crippen molar-refractivity contribution in [3.63, 3.8) is 0 Å². The third-order valence-electron chi connectivity index (χ3n) is 18.5. The van der Waals surface area contributed by atoms with Gasteiger partial charge in [-0.05, 0) is 154 Å². The molecule has 394 valence electrons. The molecule has 0 radical (unpaired) electrons. The first-order valence-electron chi connectivity index (χ1n) is 26.9. The lowest BCUT2D eigenvalue weighted by Gasteiger charge is -2.63. The van der Waals surface area contributed by atoms with Gasteiger partial charge < -0.3 is 9.47 Å². The van der Waals surface area contributed by atoms with Crippen molar-refractivity contribution >= 4 is 54.9 Å². The van der Waals surface area contributed by atoms with Crippen molar-refractivity contribution in [1.29, 1.82) is 0 Å². The van der Waals surface area contributed by atoms with E-state index in [1.807, 2.05) is 42.5 Å². The van der Waals surface area contributed by atoms with Crippen LogP contribution in [0.15, 0.2) is 191 Å². The lowest BCUT2D eigenvalue weighted by molar-refractivity contribution is -0.258. The Morgan fingerprint density at radius 1 is 0.430 bits per heavy atom. The maximum Gasteiger partial charge on any atom is 0.380 e. The fraction of sp³-hybridized carbons (Fsp3) is 0.275. The van der Waals surface area contributed by atoms with E-state index in [-0.39, 0.29) is 22.0 Å². The Bertz CT molecular complexity index is 3950. The van der Waals surface area contributed by atoms with Crippen LogP contribution in [-0.4, -0.2) is 41.9 Å². The second kappa shape index (κ2) is 17.7. The van der Waals surface area contributed by atoms with Gasteiger partial charge in [0.25, 0.3) is 0 Å². The molecule has 5 fully saturated rings. The van der Waals surface area contributed by atoms with E-state index in [0.29, 0.717) is 32.8 Å². The molecule has 0 amide bonds. The number of allylic oxidation sites excluding steroid dienone is 2. The molecule has 8 aliphatic rings. The molecule has 7 aromatic rings. The summed E-state index contributed by atoms with van der Waals surface area (Å²) in [6.07, 6.45) is 6.53. The first kappa shape index (κ1) is 50.6. The zero-order valence-electron chi connectivity index (χ0n) is 43.8. The third kappa shape index (κ3) is 6.94. The topological polar surface area (TPSA) is 18.5 Å². The van der Waals surface area contributed by atoms with E-state index in [9.17, 15) is 0 Å². The smallest absolute Gasteiger partial charge is 0.358 e. The maximum atomic E-state index is 16.6. The summed E-state index contributed by atoms with van der Waals surface area (Å²) in [7, 11) is 2.62. The van der Waals surface area contributed by atoms with E-state index >= 15 is 26.3 Å². The highest BCUT2D eigenvalue weighted by Crippen LogP contribution is 2.78. The molecule has 10 heteroatoms. The summed E-state index contributed by atoms with van der Waals surface area (Å²) in [5, 5.41) is 4.26. The van der Waals surface area contributed by atoms with Crippen LogP contribution in [0.5, 0.6) is 0 Å². The van der Waals surface area contributed by atoms with Crippen molar-refractivity contribution in [2.45, 2.75) is 90.8 Å². The minimum absolute atomic E-state index is 0.0240. The van der Waals surface area contributed by atoms with Gasteiger partial charge in [-0.25, -0.2) is 0 Å². The van der Waals surface area contributed by atoms with Gasteiger partial charge in [0.15, 0.2) is 9.87 Å². The van der Waals surface area contributed by atoms with Crippen LogP contribution in [0.3, 0.4) is 0 Å². The molecule has 0 N–H and O–H groups in total. The highest BCUT2D eigenvalue weighted by atomic mass is 32.2. The molecule has 5 saturated carbocycles. The van der Waals surface area contributed by atoms with Gasteiger partial charge in [0.2, 0.25) is 0 Å². The summed E-state index contributed by atoms with van der Waals surface area (Å²) < 4.78 is 111. The third-order valence-corrected chi connectivity index (χ3v) is 22.0. The van der Waals surface area contributed by atoms with E-state index in [0.717, 1.165) is 99.4 Å². The fourth-order valence-electron chi connectivity index (χ4n) is 15.5. The molecule has 2 heterocycles. The molecular formula is C69H52F6O2S2. The number of halogens is 6. The molecular weight excluding hydrogens is 1040 g/mol. The standard InChI is InChI=1S/C69H52F6O2S2/c1-41-57-59-60(66(72,73)69(74,75)65(59,70)71)58-42(2)62(79-68(58,77-4)67(57,76-3)78-61(41)47-17-9-6-10-18-47)48-27-31-50(32-28-48)64-38-45-35-46(39-64)37-63(36-45,40-64)49-29-23-44(24-30-49)26-34-56-53-21-13-11-19-51(53)55(52-20-12-14-22-54(52)56)33-25-43-15-7-5-8-16-43/h5-24,27-32,45-46H,35-40H2,1-4H3/t45-,46+,63?,64?,67?,68?. The predicted octanol–water partition coefficient (Wildman–Crippen LogP) is 17.4. The average Bonchev–Trinajstić information content (AvgIpc) is 3.85. The quantitative estimate of drug-likeness (QED) is 0.0938. The Morgan fingerprint density at radius 3 is 1.22 bits per heavy atom. The Labute approximate surface area is 464 Å². The summed E-state index contributed by atoms with van der Waals surface area (Å²) in [5.74, 6) is -1.08. The zero-order valence-corrected chi connectivity index (χ0v) is 45.4. The van der Waals surface area contributed by atoms with Crippen molar-refractivity contribution in [2.24, 2.45) is 11.8 Å². The molecule has 15 rings (SSSR count). The molecule has 4 unspecified atom stereocenters. The van der Waals surface area contributed by atoms with Gasteiger partial charge in [0.05, 0.1) is 0 Å². The van der Waals surface area contributed by atoms with E-state index in [1.165, 1.54) is 38.7 Å². The van der Waals surface area contributed by atoms with Crippen LogP contribution in [0.1, 0.15) is 96.9 Å². The maximum absolute atomic E-state index is 16.6. The molecule has 79 heavy (non-hydrogen) atoms. The van der Waals surface area contributed by atoms with Gasteiger partial charge >= 0.3 is 17.8 Å². The van der Waals surface area contributed by atoms with Crippen molar-refractivity contribution in [3.05, 3.63) is 236 Å².